The molecule has 14 nitrogen and oxygen atoms in total. The Labute approximate surface area is 233 Å². The number of carbonyl (C=O) groups is 4. The maximum atomic E-state index is 12.8. The van der Waals surface area contributed by atoms with E-state index in [0.717, 1.165) is 0 Å². The molecule has 0 radical (unpaired) electrons. The summed E-state index contributed by atoms with van der Waals surface area (Å²) in [6.07, 6.45) is -1.00. The zero-order chi connectivity index (χ0) is 30.6. The molecule has 0 amide bonds. The highest BCUT2D eigenvalue weighted by Gasteiger charge is 2.87. The van der Waals surface area contributed by atoms with E-state index in [1.54, 1.807) is 27.7 Å². The molecule has 1 aliphatic heterocycles. The molecule has 0 aliphatic carbocycles. The minimum Gasteiger partial charge on any atom is -0.423 e. The number of esters is 4. The number of unbranched alkanes of at least 4 members (excludes halogenated alkanes) is 4. The molecular formula is C26H44O14. The van der Waals surface area contributed by atoms with Crippen molar-refractivity contribution in [3.63, 3.8) is 0 Å². The second-order valence-corrected chi connectivity index (χ2v) is 9.67. The Morgan fingerprint density at radius 2 is 0.950 bits per heavy atom. The monoisotopic (exact) mass is 580 g/mol. The van der Waals surface area contributed by atoms with Gasteiger partial charge in [0.1, 0.15) is 0 Å². The maximum absolute atomic E-state index is 12.8. The van der Waals surface area contributed by atoms with Crippen molar-refractivity contribution in [3.8, 4) is 0 Å². The lowest BCUT2D eigenvalue weighted by Gasteiger charge is -2.57. The van der Waals surface area contributed by atoms with Gasteiger partial charge in [-0.3, -0.25) is 23.9 Å². The van der Waals surface area contributed by atoms with Gasteiger partial charge in [-0.25, -0.2) is 0 Å². The van der Waals surface area contributed by atoms with Gasteiger partial charge >= 0.3 is 47.2 Å². The zero-order valence-corrected chi connectivity index (χ0v) is 23.7. The highest BCUT2D eigenvalue weighted by atomic mass is 16.9. The van der Waals surface area contributed by atoms with Crippen LogP contribution in [0.25, 0.3) is 0 Å². The Hall–Kier alpha value is -2.36. The molecule has 1 rings (SSSR count). The average Bonchev–Trinajstić information content (AvgIpc) is 2.90. The third kappa shape index (κ3) is 7.89. The summed E-state index contributed by atoms with van der Waals surface area (Å²) in [6, 6.07) is 0. The van der Waals surface area contributed by atoms with Crippen LogP contribution in [0.5, 0.6) is 0 Å². The van der Waals surface area contributed by atoms with Crippen LogP contribution in [0.15, 0.2) is 0 Å². The molecule has 1 unspecified atom stereocenters. The average molecular weight is 581 g/mol. The largest absolute Gasteiger partial charge is 0.423 e. The van der Waals surface area contributed by atoms with Crippen molar-refractivity contribution in [2.45, 2.75) is 134 Å². The summed E-state index contributed by atoms with van der Waals surface area (Å²) >= 11 is 0. The fourth-order valence-electron chi connectivity index (χ4n) is 3.84. The fourth-order valence-corrected chi connectivity index (χ4v) is 3.84. The fraction of sp³-hybridized carbons (Fsp3) is 0.846. The van der Waals surface area contributed by atoms with Gasteiger partial charge in [-0.15, -0.1) is 0 Å². The summed E-state index contributed by atoms with van der Waals surface area (Å²) < 4.78 is 25.1. The first-order valence-corrected chi connectivity index (χ1v) is 13.8. The Kier molecular flexibility index (Phi) is 13.9. The minimum absolute atomic E-state index is 0.203. The number of aliphatic hydroxyl groups excluding tert-OH is 1. The van der Waals surface area contributed by atoms with E-state index < -0.39 is 72.8 Å². The van der Waals surface area contributed by atoms with Crippen LogP contribution in [0.3, 0.4) is 0 Å². The van der Waals surface area contributed by atoms with Crippen molar-refractivity contribution in [2.75, 3.05) is 6.61 Å². The molecule has 1 fully saturated rings. The zero-order valence-electron chi connectivity index (χ0n) is 23.7. The lowest BCUT2D eigenvalue weighted by atomic mass is 9.85. The molecule has 40 heavy (non-hydrogen) atoms. The third-order valence-electron chi connectivity index (χ3n) is 6.26. The van der Waals surface area contributed by atoms with E-state index in [1.165, 1.54) is 0 Å². The molecule has 1 aliphatic rings. The van der Waals surface area contributed by atoms with E-state index in [4.69, 9.17) is 23.7 Å². The molecule has 5 N–H and O–H groups in total. The Morgan fingerprint density at radius 3 is 1.32 bits per heavy atom. The molecule has 0 spiro atoms. The van der Waals surface area contributed by atoms with Gasteiger partial charge in [0.25, 0.3) is 0 Å². The summed E-state index contributed by atoms with van der Waals surface area (Å²) in [7, 11) is 0. The Morgan fingerprint density at radius 1 is 0.600 bits per heavy atom. The van der Waals surface area contributed by atoms with Crippen LogP contribution in [0.2, 0.25) is 0 Å². The summed E-state index contributed by atoms with van der Waals surface area (Å²) in [4.78, 5) is 50.6. The summed E-state index contributed by atoms with van der Waals surface area (Å²) in [6.45, 7) is 5.60. The van der Waals surface area contributed by atoms with E-state index in [0.29, 0.717) is 25.7 Å². The van der Waals surface area contributed by atoms with Gasteiger partial charge in [0.05, 0.1) is 6.61 Å². The van der Waals surface area contributed by atoms with Crippen molar-refractivity contribution < 1.29 is 68.4 Å². The topological polar surface area (TPSA) is 216 Å². The molecule has 0 aromatic carbocycles. The lowest BCUT2D eigenvalue weighted by molar-refractivity contribution is -0.593. The third-order valence-corrected chi connectivity index (χ3v) is 6.26. The number of carbonyl (C=O) groups excluding carboxylic acids is 4. The molecule has 5 atom stereocenters. The number of hydrogen-bond donors (Lipinski definition) is 5. The molecule has 0 aromatic heterocycles. The van der Waals surface area contributed by atoms with Crippen LogP contribution >= 0.6 is 0 Å². The van der Waals surface area contributed by atoms with Crippen molar-refractivity contribution in [3.05, 3.63) is 0 Å². The predicted octanol–water partition coefficient (Wildman–Crippen LogP) is 1.02. The molecule has 232 valence electrons. The number of rotatable bonds is 17. The second-order valence-electron chi connectivity index (χ2n) is 9.67. The van der Waals surface area contributed by atoms with Crippen LogP contribution < -0.4 is 0 Å². The quantitative estimate of drug-likeness (QED) is 0.0922. The highest BCUT2D eigenvalue weighted by Crippen LogP contribution is 2.51. The standard InChI is InChI=1S/C26H44O14/c1-5-9-13-19(28)37-23(32)18(17-27)36-26(35,40-22(31)16-12-8-4)25(34,39-21(30)15-11-7-3)24(23,33)38-20(29)14-10-6-2/h18,27,32-35H,5-17H2,1-4H3/t18-,23+,24+,25-,26?/m1/s1. The van der Waals surface area contributed by atoms with E-state index in [9.17, 15) is 44.7 Å². The van der Waals surface area contributed by atoms with Gasteiger partial charge in [0.15, 0.2) is 6.10 Å². The molecule has 1 heterocycles. The van der Waals surface area contributed by atoms with Gasteiger partial charge in [-0.1, -0.05) is 53.4 Å². The minimum atomic E-state index is -4.12. The van der Waals surface area contributed by atoms with E-state index in [1.807, 2.05) is 0 Å². The normalized spacial score (nSPS) is 29.9. The van der Waals surface area contributed by atoms with Crippen molar-refractivity contribution in [2.24, 2.45) is 0 Å². The SMILES string of the molecule is CCCCC(=O)OC1(O)O[C@H](CO)[C@](O)(OC(=O)CCCC)[C@](O)(OC(=O)CCCC)[C@@]1(O)OC(=O)CCCC. The van der Waals surface area contributed by atoms with Gasteiger partial charge in [-0.2, -0.15) is 0 Å². The molecule has 0 aromatic rings. The van der Waals surface area contributed by atoms with Crippen LogP contribution in [-0.2, 0) is 42.9 Å². The van der Waals surface area contributed by atoms with Crippen molar-refractivity contribution >= 4 is 23.9 Å². The number of aliphatic hydroxyl groups is 5. The summed E-state index contributed by atoms with van der Waals surface area (Å²) in [5.41, 5.74) is 0. The second kappa shape index (κ2) is 15.6. The van der Waals surface area contributed by atoms with Crippen LogP contribution in [0, 0.1) is 0 Å². The van der Waals surface area contributed by atoms with Gasteiger partial charge in [0, 0.05) is 25.7 Å². The lowest BCUT2D eigenvalue weighted by Crippen LogP contribution is -2.87. The highest BCUT2D eigenvalue weighted by molar-refractivity contribution is 5.73. The molecule has 0 saturated carbocycles. The van der Waals surface area contributed by atoms with Gasteiger partial charge in [0.2, 0.25) is 0 Å². The molecule has 14 heteroatoms. The maximum Gasteiger partial charge on any atom is 0.404 e. The predicted molar refractivity (Wildman–Crippen MR) is 134 cm³/mol. The Bertz CT molecular complexity index is 864. The van der Waals surface area contributed by atoms with Gasteiger partial charge in [-0.05, 0) is 25.7 Å². The van der Waals surface area contributed by atoms with Crippen LogP contribution in [0.1, 0.15) is 105 Å². The van der Waals surface area contributed by atoms with E-state index in [-0.39, 0.29) is 38.5 Å². The molecule has 1 saturated heterocycles. The van der Waals surface area contributed by atoms with Crippen molar-refractivity contribution in [1.29, 1.82) is 0 Å². The summed E-state index contributed by atoms with van der Waals surface area (Å²) in [5.74, 6) is -20.8. The first kappa shape index (κ1) is 35.7. The van der Waals surface area contributed by atoms with Crippen LogP contribution in [-0.4, -0.2) is 85.5 Å². The Balaban J connectivity index is 3.86. The van der Waals surface area contributed by atoms with Crippen LogP contribution in [0.4, 0.5) is 0 Å². The smallest absolute Gasteiger partial charge is 0.404 e. The number of ether oxygens (including phenoxy) is 5. The number of hydrogen-bond acceptors (Lipinski definition) is 14. The van der Waals surface area contributed by atoms with E-state index >= 15 is 0 Å². The molecule has 0 bridgehead atoms. The van der Waals surface area contributed by atoms with Gasteiger partial charge < -0.3 is 44.5 Å². The first-order valence-electron chi connectivity index (χ1n) is 13.8. The van der Waals surface area contributed by atoms with E-state index in [2.05, 4.69) is 0 Å². The van der Waals surface area contributed by atoms with Crippen molar-refractivity contribution in [1.82, 2.24) is 0 Å². The molecular weight excluding hydrogens is 536 g/mol. The first-order chi connectivity index (χ1) is 18.7. The summed E-state index contributed by atoms with van der Waals surface area (Å²) in [5, 5.41) is 56.5.